The van der Waals surface area contributed by atoms with Gasteiger partial charge in [0.15, 0.2) is 0 Å². The zero-order valence-corrected chi connectivity index (χ0v) is 16.8. The summed E-state index contributed by atoms with van der Waals surface area (Å²) in [6.07, 6.45) is 1.55. The Morgan fingerprint density at radius 2 is 1.93 bits per heavy atom. The third kappa shape index (κ3) is 2.96. The molecule has 1 fully saturated rings. The predicted molar refractivity (Wildman–Crippen MR) is 109 cm³/mol. The van der Waals surface area contributed by atoms with Gasteiger partial charge in [0, 0.05) is 29.6 Å². The monoisotopic (exact) mass is 389 g/mol. The molecule has 0 aliphatic carbocycles. The van der Waals surface area contributed by atoms with Crippen molar-refractivity contribution < 1.29 is 4.74 Å². The Morgan fingerprint density at radius 1 is 1.10 bits per heavy atom. The zero-order chi connectivity index (χ0) is 20.0. The fourth-order valence-corrected chi connectivity index (χ4v) is 4.19. The van der Waals surface area contributed by atoms with E-state index in [4.69, 9.17) is 9.84 Å². The lowest BCUT2D eigenvalue weighted by Crippen LogP contribution is -2.41. The molecule has 4 aromatic rings. The van der Waals surface area contributed by atoms with Crippen molar-refractivity contribution in [3.05, 3.63) is 65.4 Å². The molecule has 1 aliphatic rings. The highest BCUT2D eigenvalue weighted by Crippen LogP contribution is 2.34. The third-order valence-corrected chi connectivity index (χ3v) is 5.47. The largest absolute Gasteiger partial charge is 0.377 e. The molecular formula is C21H23N7O. The molecule has 0 N–H and O–H groups in total. The van der Waals surface area contributed by atoms with Crippen LogP contribution in [0.25, 0.3) is 11.5 Å². The molecule has 8 nitrogen and oxygen atoms in total. The molecule has 29 heavy (non-hydrogen) atoms. The van der Waals surface area contributed by atoms with Crippen LogP contribution in [0.5, 0.6) is 0 Å². The summed E-state index contributed by atoms with van der Waals surface area (Å²) in [5, 5.41) is 9.24. The zero-order valence-electron chi connectivity index (χ0n) is 16.8. The van der Waals surface area contributed by atoms with Crippen molar-refractivity contribution in [3.63, 3.8) is 0 Å². The first kappa shape index (κ1) is 17.8. The van der Waals surface area contributed by atoms with E-state index in [-0.39, 0.29) is 6.04 Å². The highest BCUT2D eigenvalue weighted by atomic mass is 16.5. The first-order valence-electron chi connectivity index (χ1n) is 9.77. The SMILES string of the molecule is Cc1cc(N2CCOCC2c2c(C)nn(-c3ccccc3)c2C)n2ncnc2n1. The summed E-state index contributed by atoms with van der Waals surface area (Å²) in [5.74, 6) is 1.59. The Bertz CT molecular complexity index is 1160. The van der Waals surface area contributed by atoms with Gasteiger partial charge in [0.05, 0.1) is 30.6 Å². The van der Waals surface area contributed by atoms with Gasteiger partial charge in [-0.25, -0.2) is 9.67 Å². The van der Waals surface area contributed by atoms with Gasteiger partial charge in [0.1, 0.15) is 12.1 Å². The summed E-state index contributed by atoms with van der Waals surface area (Å²) in [7, 11) is 0. The topological polar surface area (TPSA) is 73.4 Å². The first-order chi connectivity index (χ1) is 14.1. The van der Waals surface area contributed by atoms with Gasteiger partial charge in [-0.15, -0.1) is 0 Å². The molecule has 1 aliphatic heterocycles. The van der Waals surface area contributed by atoms with E-state index in [1.165, 1.54) is 5.56 Å². The quantitative estimate of drug-likeness (QED) is 0.536. The van der Waals surface area contributed by atoms with Gasteiger partial charge in [0.2, 0.25) is 0 Å². The molecule has 3 aromatic heterocycles. The second-order valence-corrected chi connectivity index (χ2v) is 7.34. The van der Waals surface area contributed by atoms with E-state index in [1.807, 2.05) is 29.8 Å². The molecule has 8 heteroatoms. The molecule has 0 amide bonds. The van der Waals surface area contributed by atoms with Gasteiger partial charge in [0.25, 0.3) is 5.78 Å². The van der Waals surface area contributed by atoms with Crippen LogP contribution in [0, 0.1) is 20.8 Å². The normalized spacial score (nSPS) is 17.2. The Kier molecular flexibility index (Phi) is 4.28. The van der Waals surface area contributed by atoms with E-state index < -0.39 is 0 Å². The fourth-order valence-electron chi connectivity index (χ4n) is 4.19. The standard InChI is InChI=1S/C21H23N7O/c1-14-11-19(28-21(24-14)22-13-23-28)26-9-10-29-12-18(26)20-15(2)25-27(16(20)3)17-7-5-4-6-8-17/h4-8,11,13,18H,9-10,12H2,1-3H3. The molecule has 148 valence electrons. The van der Waals surface area contributed by atoms with Gasteiger partial charge < -0.3 is 9.64 Å². The number of morpholine rings is 1. The number of para-hydroxylation sites is 1. The Hall–Kier alpha value is -3.26. The van der Waals surface area contributed by atoms with E-state index in [0.29, 0.717) is 19.0 Å². The number of ether oxygens (including phenoxy) is 1. The molecular weight excluding hydrogens is 366 g/mol. The lowest BCUT2D eigenvalue weighted by Gasteiger charge is -2.37. The Balaban J connectivity index is 1.63. The second-order valence-electron chi connectivity index (χ2n) is 7.34. The first-order valence-corrected chi connectivity index (χ1v) is 9.77. The maximum absolute atomic E-state index is 5.90. The van der Waals surface area contributed by atoms with E-state index in [9.17, 15) is 0 Å². The third-order valence-electron chi connectivity index (χ3n) is 5.47. The molecule has 1 aromatic carbocycles. The minimum Gasteiger partial charge on any atom is -0.377 e. The van der Waals surface area contributed by atoms with E-state index in [0.717, 1.165) is 35.1 Å². The molecule has 1 atom stereocenters. The van der Waals surface area contributed by atoms with Gasteiger partial charge in [-0.1, -0.05) is 18.2 Å². The molecule has 1 unspecified atom stereocenters. The van der Waals surface area contributed by atoms with Gasteiger partial charge in [-0.05, 0) is 32.9 Å². The molecule has 0 saturated carbocycles. The molecule has 4 heterocycles. The van der Waals surface area contributed by atoms with E-state index >= 15 is 0 Å². The van der Waals surface area contributed by atoms with Crippen molar-refractivity contribution in [2.75, 3.05) is 24.7 Å². The number of hydrogen-bond donors (Lipinski definition) is 0. The smallest absolute Gasteiger partial charge is 0.254 e. The van der Waals surface area contributed by atoms with E-state index in [2.05, 4.69) is 52.0 Å². The van der Waals surface area contributed by atoms with Crippen LogP contribution in [0.3, 0.4) is 0 Å². The summed E-state index contributed by atoms with van der Waals surface area (Å²) < 4.78 is 9.71. The number of anilines is 1. The lowest BCUT2D eigenvalue weighted by molar-refractivity contribution is 0.0931. The van der Waals surface area contributed by atoms with Crippen LogP contribution in [0.4, 0.5) is 5.82 Å². The molecule has 0 bridgehead atoms. The van der Waals surface area contributed by atoms with Gasteiger partial charge in [-0.2, -0.15) is 19.7 Å². The average molecular weight is 389 g/mol. The number of aromatic nitrogens is 6. The molecule has 1 saturated heterocycles. The van der Waals surface area contributed by atoms with Crippen LogP contribution in [-0.4, -0.2) is 49.1 Å². The summed E-state index contributed by atoms with van der Waals surface area (Å²) >= 11 is 0. The van der Waals surface area contributed by atoms with Crippen LogP contribution in [0.15, 0.2) is 42.7 Å². The summed E-state index contributed by atoms with van der Waals surface area (Å²) in [4.78, 5) is 11.1. The predicted octanol–water partition coefficient (Wildman–Crippen LogP) is 2.81. The fraction of sp³-hybridized carbons (Fsp3) is 0.333. The van der Waals surface area contributed by atoms with Crippen molar-refractivity contribution >= 4 is 11.6 Å². The minimum atomic E-state index is 0.0374. The summed E-state index contributed by atoms with van der Waals surface area (Å²) in [6, 6.07) is 12.3. The molecule has 5 rings (SSSR count). The second kappa shape index (κ2) is 6.97. The summed E-state index contributed by atoms with van der Waals surface area (Å²) in [6.45, 7) is 8.20. The number of benzene rings is 1. The van der Waals surface area contributed by atoms with Crippen molar-refractivity contribution in [1.82, 2.24) is 29.4 Å². The van der Waals surface area contributed by atoms with Crippen molar-refractivity contribution in [3.8, 4) is 5.69 Å². The van der Waals surface area contributed by atoms with E-state index in [1.54, 1.807) is 10.8 Å². The number of rotatable bonds is 3. The van der Waals surface area contributed by atoms with Crippen molar-refractivity contribution in [1.29, 1.82) is 0 Å². The van der Waals surface area contributed by atoms with Gasteiger partial charge in [-0.3, -0.25) is 0 Å². The maximum atomic E-state index is 5.90. The van der Waals surface area contributed by atoms with Crippen molar-refractivity contribution in [2.45, 2.75) is 26.8 Å². The Labute approximate surface area is 168 Å². The van der Waals surface area contributed by atoms with Crippen LogP contribution < -0.4 is 4.90 Å². The highest BCUT2D eigenvalue weighted by molar-refractivity contribution is 5.51. The maximum Gasteiger partial charge on any atom is 0.254 e. The number of aryl methyl sites for hydroxylation is 2. The number of fused-ring (bicyclic) bond motifs is 1. The minimum absolute atomic E-state index is 0.0374. The van der Waals surface area contributed by atoms with Crippen LogP contribution in [0.1, 0.15) is 28.7 Å². The number of nitrogens with zero attached hydrogens (tertiary/aromatic N) is 7. The van der Waals surface area contributed by atoms with Crippen LogP contribution in [-0.2, 0) is 4.74 Å². The van der Waals surface area contributed by atoms with Crippen molar-refractivity contribution in [2.24, 2.45) is 0 Å². The highest BCUT2D eigenvalue weighted by Gasteiger charge is 2.32. The Morgan fingerprint density at radius 3 is 2.76 bits per heavy atom. The van der Waals surface area contributed by atoms with Crippen LogP contribution >= 0.6 is 0 Å². The average Bonchev–Trinajstić information content (AvgIpc) is 3.32. The lowest BCUT2D eigenvalue weighted by atomic mass is 10.0. The summed E-state index contributed by atoms with van der Waals surface area (Å²) in [5.41, 5.74) is 5.29. The van der Waals surface area contributed by atoms with Gasteiger partial charge >= 0.3 is 0 Å². The van der Waals surface area contributed by atoms with Crippen LogP contribution in [0.2, 0.25) is 0 Å². The number of hydrogen-bond acceptors (Lipinski definition) is 6. The molecule has 0 spiro atoms. The molecule has 0 radical (unpaired) electrons.